The largest absolute Gasteiger partial charge is 0.339 e. The average molecular weight is 454 g/mol. The quantitative estimate of drug-likeness (QED) is 0.487. The van der Waals surface area contributed by atoms with Gasteiger partial charge in [0, 0.05) is 17.6 Å². The van der Waals surface area contributed by atoms with Crippen LogP contribution >= 0.6 is 15.9 Å². The van der Waals surface area contributed by atoms with Crippen LogP contribution in [0.15, 0.2) is 59.1 Å². The molecule has 152 valence electrons. The third-order valence-electron chi connectivity index (χ3n) is 5.92. The molecular weight excluding hydrogens is 426 g/mol. The van der Waals surface area contributed by atoms with Gasteiger partial charge in [0.25, 0.3) is 0 Å². The first-order valence-electron chi connectivity index (χ1n) is 10.5. The van der Waals surface area contributed by atoms with E-state index in [1.165, 1.54) is 36.8 Å². The van der Waals surface area contributed by atoms with Crippen molar-refractivity contribution in [2.24, 2.45) is 5.92 Å². The van der Waals surface area contributed by atoms with E-state index in [4.69, 9.17) is 0 Å². The molecule has 1 aliphatic rings. The van der Waals surface area contributed by atoms with E-state index in [9.17, 15) is 0 Å². The number of nitrogens with zero attached hydrogens (tertiary/aromatic N) is 5. The number of hydrogen-bond donors (Lipinski definition) is 0. The van der Waals surface area contributed by atoms with Crippen LogP contribution in [0.3, 0.4) is 0 Å². The number of halogens is 1. The van der Waals surface area contributed by atoms with Crippen molar-refractivity contribution in [2.45, 2.75) is 45.1 Å². The second kappa shape index (κ2) is 9.53. The minimum absolute atomic E-state index is 0.103. The van der Waals surface area contributed by atoms with E-state index < -0.39 is 0 Å². The van der Waals surface area contributed by atoms with E-state index in [-0.39, 0.29) is 6.04 Å². The molecule has 1 aliphatic heterocycles. The van der Waals surface area contributed by atoms with Gasteiger partial charge < -0.3 is 4.90 Å². The molecule has 0 spiro atoms. The molecule has 29 heavy (non-hydrogen) atoms. The molecule has 2 heterocycles. The summed E-state index contributed by atoms with van der Waals surface area (Å²) < 4.78 is 3.05. The summed E-state index contributed by atoms with van der Waals surface area (Å²) in [6.07, 6.45) is 6.16. The van der Waals surface area contributed by atoms with Crippen LogP contribution in [0.25, 0.3) is 0 Å². The Morgan fingerprint density at radius 2 is 1.90 bits per heavy atom. The summed E-state index contributed by atoms with van der Waals surface area (Å²) >= 11 is 3.51. The number of rotatable bonds is 7. The highest BCUT2D eigenvalue weighted by Crippen LogP contribution is 2.28. The van der Waals surface area contributed by atoms with E-state index in [0.29, 0.717) is 5.92 Å². The minimum Gasteiger partial charge on any atom is -0.339 e. The Morgan fingerprint density at radius 1 is 1.10 bits per heavy atom. The number of hydrogen-bond acceptors (Lipinski definition) is 4. The van der Waals surface area contributed by atoms with Crippen molar-refractivity contribution in [3.8, 4) is 0 Å². The van der Waals surface area contributed by atoms with Crippen molar-refractivity contribution in [1.82, 2.24) is 20.2 Å². The molecule has 4 rings (SSSR count). The summed E-state index contributed by atoms with van der Waals surface area (Å²) in [4.78, 5) is 2.38. The van der Waals surface area contributed by atoms with Crippen LogP contribution in [0.1, 0.15) is 49.8 Å². The summed E-state index contributed by atoms with van der Waals surface area (Å²) in [5.41, 5.74) is 2.64. The fourth-order valence-corrected chi connectivity index (χ4v) is 4.52. The van der Waals surface area contributed by atoms with Gasteiger partial charge in [0.2, 0.25) is 5.95 Å². The molecule has 2 atom stereocenters. The second-order valence-electron chi connectivity index (χ2n) is 7.98. The SMILES string of the molecule is CC(c1ccc(Br)cc1)n1nnnc1N1CCCC(CCCc2ccccc2)C1. The lowest BCUT2D eigenvalue weighted by Crippen LogP contribution is -2.37. The lowest BCUT2D eigenvalue weighted by Gasteiger charge is -2.33. The molecule has 0 aliphatic carbocycles. The van der Waals surface area contributed by atoms with E-state index in [0.717, 1.165) is 29.9 Å². The zero-order valence-electron chi connectivity index (χ0n) is 16.9. The molecule has 5 nitrogen and oxygen atoms in total. The Hall–Kier alpha value is -2.21. The molecule has 6 heteroatoms. The number of aryl methyl sites for hydroxylation is 1. The van der Waals surface area contributed by atoms with Crippen LogP contribution in [-0.2, 0) is 6.42 Å². The van der Waals surface area contributed by atoms with E-state index in [2.05, 4.69) is 97.9 Å². The normalized spacial score (nSPS) is 18.0. The summed E-state index contributed by atoms with van der Waals surface area (Å²) in [6, 6.07) is 19.3. The monoisotopic (exact) mass is 453 g/mol. The topological polar surface area (TPSA) is 46.8 Å². The van der Waals surface area contributed by atoms with Crippen molar-refractivity contribution in [1.29, 1.82) is 0 Å². The van der Waals surface area contributed by atoms with E-state index >= 15 is 0 Å². The summed E-state index contributed by atoms with van der Waals surface area (Å²) in [7, 11) is 0. The summed E-state index contributed by atoms with van der Waals surface area (Å²) in [5.74, 6) is 1.61. The average Bonchev–Trinajstić information content (AvgIpc) is 3.25. The van der Waals surface area contributed by atoms with Gasteiger partial charge in [-0.2, -0.15) is 0 Å². The molecular formula is C23H28BrN5. The Kier molecular flexibility index (Phi) is 6.60. The predicted molar refractivity (Wildman–Crippen MR) is 120 cm³/mol. The third-order valence-corrected chi connectivity index (χ3v) is 6.45. The van der Waals surface area contributed by atoms with Crippen LogP contribution < -0.4 is 4.90 Å². The molecule has 1 fully saturated rings. The van der Waals surface area contributed by atoms with Gasteiger partial charge in [0.05, 0.1) is 6.04 Å². The minimum atomic E-state index is 0.103. The Labute approximate surface area is 181 Å². The Balaban J connectivity index is 1.38. The van der Waals surface area contributed by atoms with Gasteiger partial charge in [-0.15, -0.1) is 0 Å². The molecule has 0 saturated carbocycles. The van der Waals surface area contributed by atoms with Crippen LogP contribution in [0.4, 0.5) is 5.95 Å². The number of tetrazole rings is 1. The van der Waals surface area contributed by atoms with Gasteiger partial charge in [-0.1, -0.05) is 63.5 Å². The second-order valence-corrected chi connectivity index (χ2v) is 8.90. The Morgan fingerprint density at radius 3 is 2.69 bits per heavy atom. The zero-order valence-corrected chi connectivity index (χ0v) is 18.5. The van der Waals surface area contributed by atoms with Gasteiger partial charge >= 0.3 is 0 Å². The maximum absolute atomic E-state index is 4.38. The summed E-state index contributed by atoms with van der Waals surface area (Å²) in [5, 5.41) is 12.7. The van der Waals surface area contributed by atoms with Crippen LogP contribution in [0, 0.1) is 5.92 Å². The van der Waals surface area contributed by atoms with Gasteiger partial charge in [0.1, 0.15) is 0 Å². The van der Waals surface area contributed by atoms with E-state index in [1.807, 2.05) is 4.68 Å². The molecule has 2 unspecified atom stereocenters. The fourth-order valence-electron chi connectivity index (χ4n) is 4.25. The smallest absolute Gasteiger partial charge is 0.246 e. The third kappa shape index (κ3) is 5.04. The van der Waals surface area contributed by atoms with Crippen molar-refractivity contribution < 1.29 is 0 Å². The maximum atomic E-state index is 4.38. The number of piperidine rings is 1. The molecule has 0 bridgehead atoms. The highest BCUT2D eigenvalue weighted by molar-refractivity contribution is 9.10. The summed E-state index contributed by atoms with van der Waals surface area (Å²) in [6.45, 7) is 4.23. The van der Waals surface area contributed by atoms with E-state index in [1.54, 1.807) is 0 Å². The van der Waals surface area contributed by atoms with Crippen LogP contribution in [0.2, 0.25) is 0 Å². The number of aromatic nitrogens is 4. The van der Waals surface area contributed by atoms with Crippen molar-refractivity contribution >= 4 is 21.9 Å². The standard InChI is InChI=1S/C23H28BrN5/c1-18(21-12-14-22(24)15-13-21)29-23(25-26-27-29)28-16-6-11-20(17-28)10-5-9-19-7-3-2-4-8-19/h2-4,7-8,12-15,18,20H,5-6,9-11,16-17H2,1H3. The van der Waals surface area contributed by atoms with Crippen LogP contribution in [-0.4, -0.2) is 33.3 Å². The molecule has 1 aromatic heterocycles. The maximum Gasteiger partial charge on any atom is 0.246 e. The predicted octanol–water partition coefficient (Wildman–Crippen LogP) is 5.28. The van der Waals surface area contributed by atoms with Crippen molar-refractivity contribution in [3.05, 3.63) is 70.2 Å². The number of benzene rings is 2. The lowest BCUT2D eigenvalue weighted by atomic mass is 9.92. The van der Waals surface area contributed by atoms with Crippen molar-refractivity contribution in [2.75, 3.05) is 18.0 Å². The van der Waals surface area contributed by atoms with Gasteiger partial charge in [-0.05, 0) is 78.6 Å². The molecule has 1 saturated heterocycles. The first kappa shape index (κ1) is 20.1. The first-order chi connectivity index (χ1) is 14.2. The molecule has 2 aromatic carbocycles. The first-order valence-corrected chi connectivity index (χ1v) is 11.3. The molecule has 3 aromatic rings. The van der Waals surface area contributed by atoms with Gasteiger partial charge in [0.15, 0.2) is 0 Å². The molecule has 0 amide bonds. The fraction of sp³-hybridized carbons (Fsp3) is 0.435. The van der Waals surface area contributed by atoms with Gasteiger partial charge in [-0.3, -0.25) is 0 Å². The zero-order chi connectivity index (χ0) is 20.1. The Bertz CT molecular complexity index is 893. The highest BCUT2D eigenvalue weighted by atomic mass is 79.9. The van der Waals surface area contributed by atoms with Gasteiger partial charge in [-0.25, -0.2) is 4.68 Å². The van der Waals surface area contributed by atoms with Crippen LogP contribution in [0.5, 0.6) is 0 Å². The number of anilines is 1. The lowest BCUT2D eigenvalue weighted by molar-refractivity contribution is 0.374. The molecule has 0 radical (unpaired) electrons. The molecule has 0 N–H and O–H groups in total. The van der Waals surface area contributed by atoms with Crippen molar-refractivity contribution in [3.63, 3.8) is 0 Å². The highest BCUT2D eigenvalue weighted by Gasteiger charge is 2.25.